The van der Waals surface area contributed by atoms with Gasteiger partial charge in [-0.3, -0.25) is 9.59 Å². The minimum Gasteiger partial charge on any atom is -0.480 e. The largest absolute Gasteiger partial charge is 0.480 e. The van der Waals surface area contributed by atoms with Crippen LogP contribution in [0.2, 0.25) is 4.34 Å². The first-order chi connectivity index (χ1) is 8.45. The van der Waals surface area contributed by atoms with Crippen LogP contribution in [0.15, 0.2) is 12.1 Å². The fourth-order valence-corrected chi connectivity index (χ4v) is 3.30. The van der Waals surface area contributed by atoms with Crippen LogP contribution in [-0.4, -0.2) is 28.9 Å². The van der Waals surface area contributed by atoms with E-state index in [0.717, 1.165) is 11.3 Å². The van der Waals surface area contributed by atoms with Crippen LogP contribution in [0, 0.1) is 5.41 Å². The van der Waals surface area contributed by atoms with Gasteiger partial charge in [-0.1, -0.05) is 18.0 Å². The standard InChI is InChI=1S/C12H14ClNO3S/c1-14(7-8-3-4-9(13)18-8)10(15)12(11(16)17)5-2-6-12/h3-4H,2,5-7H2,1H3,(H,16,17). The summed E-state index contributed by atoms with van der Waals surface area (Å²) in [7, 11) is 1.64. The first-order valence-electron chi connectivity index (χ1n) is 5.69. The molecule has 0 aromatic carbocycles. The van der Waals surface area contributed by atoms with Crippen molar-refractivity contribution in [1.82, 2.24) is 4.90 Å². The van der Waals surface area contributed by atoms with E-state index in [0.29, 0.717) is 23.7 Å². The number of nitrogens with zero attached hydrogens (tertiary/aromatic N) is 1. The summed E-state index contributed by atoms with van der Waals surface area (Å²) in [6, 6.07) is 3.63. The lowest BCUT2D eigenvalue weighted by Crippen LogP contribution is -2.51. The van der Waals surface area contributed by atoms with Crippen molar-refractivity contribution in [3.05, 3.63) is 21.3 Å². The van der Waals surface area contributed by atoms with Gasteiger partial charge < -0.3 is 10.0 Å². The molecule has 1 amide bonds. The quantitative estimate of drug-likeness (QED) is 0.866. The third-order valence-electron chi connectivity index (χ3n) is 3.39. The molecule has 0 bridgehead atoms. The van der Waals surface area contributed by atoms with Crippen LogP contribution in [-0.2, 0) is 16.1 Å². The van der Waals surface area contributed by atoms with Crippen molar-refractivity contribution in [2.75, 3.05) is 7.05 Å². The number of thiophene rings is 1. The summed E-state index contributed by atoms with van der Waals surface area (Å²) in [5, 5.41) is 9.21. The zero-order valence-electron chi connectivity index (χ0n) is 9.98. The minimum atomic E-state index is -1.18. The predicted octanol–water partition coefficient (Wildman–Crippen LogP) is 2.61. The summed E-state index contributed by atoms with van der Waals surface area (Å²) in [6.07, 6.45) is 1.68. The molecule has 1 N–H and O–H groups in total. The SMILES string of the molecule is CN(Cc1ccc(Cl)s1)C(=O)C1(C(=O)O)CCC1. The second-order valence-corrected chi connectivity index (χ2v) is 6.41. The fourth-order valence-electron chi connectivity index (χ4n) is 2.16. The van der Waals surface area contributed by atoms with E-state index in [1.807, 2.05) is 6.07 Å². The summed E-state index contributed by atoms with van der Waals surface area (Å²) in [5.41, 5.74) is -1.18. The highest BCUT2D eigenvalue weighted by atomic mass is 35.5. The molecule has 1 aromatic heterocycles. The second-order valence-electron chi connectivity index (χ2n) is 4.61. The average Bonchev–Trinajstić information content (AvgIpc) is 2.61. The van der Waals surface area contributed by atoms with Gasteiger partial charge in [-0.2, -0.15) is 0 Å². The number of rotatable bonds is 4. The molecule has 0 saturated heterocycles. The van der Waals surface area contributed by atoms with E-state index in [4.69, 9.17) is 11.6 Å². The molecule has 0 atom stereocenters. The number of amides is 1. The topological polar surface area (TPSA) is 57.6 Å². The molecule has 1 aromatic rings. The number of hydrogen-bond donors (Lipinski definition) is 1. The summed E-state index contributed by atoms with van der Waals surface area (Å²) < 4.78 is 0.669. The molecule has 1 saturated carbocycles. The van der Waals surface area contributed by atoms with Gasteiger partial charge in [0.1, 0.15) is 5.41 Å². The maximum Gasteiger partial charge on any atom is 0.319 e. The van der Waals surface area contributed by atoms with Gasteiger partial charge in [0.15, 0.2) is 0 Å². The first-order valence-corrected chi connectivity index (χ1v) is 6.88. The normalized spacial score (nSPS) is 17.0. The Kier molecular flexibility index (Phi) is 3.64. The van der Waals surface area contributed by atoms with Gasteiger partial charge in [-0.05, 0) is 25.0 Å². The van der Waals surface area contributed by atoms with Crippen molar-refractivity contribution in [3.8, 4) is 0 Å². The minimum absolute atomic E-state index is 0.300. The number of aliphatic carboxylic acids is 1. The van der Waals surface area contributed by atoms with Crippen molar-refractivity contribution in [3.63, 3.8) is 0 Å². The Bertz CT molecular complexity index is 481. The molecule has 1 aliphatic carbocycles. The van der Waals surface area contributed by atoms with E-state index in [1.165, 1.54) is 16.2 Å². The zero-order chi connectivity index (χ0) is 13.3. The van der Waals surface area contributed by atoms with Crippen LogP contribution >= 0.6 is 22.9 Å². The maximum absolute atomic E-state index is 12.2. The molecule has 0 aliphatic heterocycles. The van der Waals surface area contributed by atoms with Crippen LogP contribution in [0.4, 0.5) is 0 Å². The molecule has 0 spiro atoms. The monoisotopic (exact) mass is 287 g/mol. The highest BCUT2D eigenvalue weighted by Crippen LogP contribution is 2.43. The Morgan fingerprint density at radius 1 is 1.50 bits per heavy atom. The van der Waals surface area contributed by atoms with Crippen LogP contribution < -0.4 is 0 Å². The van der Waals surface area contributed by atoms with Crippen molar-refractivity contribution in [1.29, 1.82) is 0 Å². The van der Waals surface area contributed by atoms with Crippen molar-refractivity contribution in [2.24, 2.45) is 5.41 Å². The van der Waals surface area contributed by atoms with Crippen LogP contribution in [0.3, 0.4) is 0 Å². The van der Waals surface area contributed by atoms with E-state index >= 15 is 0 Å². The Labute approximate surface area is 114 Å². The van der Waals surface area contributed by atoms with Crippen molar-refractivity contribution in [2.45, 2.75) is 25.8 Å². The molecule has 0 radical (unpaired) electrons. The highest BCUT2D eigenvalue weighted by Gasteiger charge is 2.52. The molecule has 0 unspecified atom stereocenters. The van der Waals surface area contributed by atoms with E-state index in [1.54, 1.807) is 13.1 Å². The van der Waals surface area contributed by atoms with E-state index in [9.17, 15) is 14.7 Å². The van der Waals surface area contributed by atoms with E-state index in [-0.39, 0.29) is 5.91 Å². The summed E-state index contributed by atoms with van der Waals surface area (Å²) in [5.74, 6) is -1.31. The Morgan fingerprint density at radius 2 is 2.17 bits per heavy atom. The van der Waals surface area contributed by atoms with Gasteiger partial charge in [-0.15, -0.1) is 11.3 Å². The molecule has 98 valence electrons. The van der Waals surface area contributed by atoms with Gasteiger partial charge in [0, 0.05) is 11.9 Å². The third-order valence-corrected chi connectivity index (χ3v) is 4.61. The summed E-state index contributed by atoms with van der Waals surface area (Å²) in [6.45, 7) is 0.408. The average molecular weight is 288 g/mol. The molecule has 1 aliphatic rings. The Hall–Kier alpha value is -1.07. The van der Waals surface area contributed by atoms with Gasteiger partial charge >= 0.3 is 5.97 Å². The molecule has 1 fully saturated rings. The lowest BCUT2D eigenvalue weighted by Gasteiger charge is -2.38. The van der Waals surface area contributed by atoms with Gasteiger partial charge in [0.2, 0.25) is 5.91 Å². The van der Waals surface area contributed by atoms with Crippen LogP contribution in [0.1, 0.15) is 24.1 Å². The molecule has 6 heteroatoms. The van der Waals surface area contributed by atoms with Crippen molar-refractivity contribution >= 4 is 34.8 Å². The van der Waals surface area contributed by atoms with Crippen molar-refractivity contribution < 1.29 is 14.7 Å². The second kappa shape index (κ2) is 4.90. The highest BCUT2D eigenvalue weighted by molar-refractivity contribution is 7.16. The number of carbonyl (C=O) groups excluding carboxylic acids is 1. The molecule has 1 heterocycles. The van der Waals surface area contributed by atoms with Gasteiger partial charge in [0.25, 0.3) is 0 Å². The number of carboxylic acids is 1. The summed E-state index contributed by atoms with van der Waals surface area (Å²) >= 11 is 7.23. The first kappa shape index (κ1) is 13.4. The molecule has 4 nitrogen and oxygen atoms in total. The van der Waals surface area contributed by atoms with Gasteiger partial charge in [0.05, 0.1) is 10.9 Å². The predicted molar refractivity (Wildman–Crippen MR) is 69.7 cm³/mol. The summed E-state index contributed by atoms with van der Waals surface area (Å²) in [4.78, 5) is 25.9. The lowest BCUT2D eigenvalue weighted by molar-refractivity contribution is -0.167. The third kappa shape index (κ3) is 2.24. The lowest BCUT2D eigenvalue weighted by atomic mass is 9.68. The molecule has 18 heavy (non-hydrogen) atoms. The Balaban J connectivity index is 2.07. The molecular formula is C12H14ClNO3S. The van der Waals surface area contributed by atoms with Gasteiger partial charge in [-0.25, -0.2) is 0 Å². The Morgan fingerprint density at radius 3 is 2.56 bits per heavy atom. The smallest absolute Gasteiger partial charge is 0.319 e. The number of carbonyl (C=O) groups is 2. The number of hydrogen-bond acceptors (Lipinski definition) is 3. The zero-order valence-corrected chi connectivity index (χ0v) is 11.6. The van der Waals surface area contributed by atoms with E-state index < -0.39 is 11.4 Å². The van der Waals surface area contributed by atoms with E-state index in [2.05, 4.69) is 0 Å². The molecule has 2 rings (SSSR count). The maximum atomic E-state index is 12.2. The molecular weight excluding hydrogens is 274 g/mol. The fraction of sp³-hybridized carbons (Fsp3) is 0.500. The van der Waals surface area contributed by atoms with Crippen LogP contribution in [0.5, 0.6) is 0 Å². The van der Waals surface area contributed by atoms with Crippen LogP contribution in [0.25, 0.3) is 0 Å². The number of carboxylic acid groups (broad SMARTS) is 1. The number of halogens is 1.